The van der Waals surface area contributed by atoms with Gasteiger partial charge in [-0.05, 0) is 57.2 Å². The maximum atomic E-state index is 13.4. The number of aromatic nitrogens is 1. The van der Waals surface area contributed by atoms with Crippen LogP contribution < -0.4 is 16.4 Å². The summed E-state index contributed by atoms with van der Waals surface area (Å²) in [6.45, 7) is 5.09. The van der Waals surface area contributed by atoms with Crippen LogP contribution in [0.2, 0.25) is 0 Å². The third-order valence-corrected chi connectivity index (χ3v) is 5.99. The summed E-state index contributed by atoms with van der Waals surface area (Å²) in [5.74, 6) is -1.41. The molecule has 0 radical (unpaired) electrons. The molecule has 1 aromatic heterocycles. The Morgan fingerprint density at radius 1 is 1.00 bits per heavy atom. The van der Waals surface area contributed by atoms with Gasteiger partial charge in [-0.25, -0.2) is 4.79 Å². The molecule has 2 aromatic carbocycles. The molecule has 0 saturated heterocycles. The Balaban J connectivity index is 1.76. The number of H-pyrrole nitrogens is 1. The minimum atomic E-state index is -1.17. The third-order valence-electron chi connectivity index (χ3n) is 5.99. The van der Waals surface area contributed by atoms with E-state index in [2.05, 4.69) is 15.6 Å². The van der Waals surface area contributed by atoms with Gasteiger partial charge in [0.15, 0.2) is 0 Å². The summed E-state index contributed by atoms with van der Waals surface area (Å²) in [6.07, 6.45) is 3.92. The number of para-hydroxylation sites is 1. The van der Waals surface area contributed by atoms with E-state index in [1.807, 2.05) is 60.8 Å². The second-order valence-corrected chi connectivity index (χ2v) is 9.50. The van der Waals surface area contributed by atoms with E-state index in [9.17, 15) is 14.4 Å². The maximum absolute atomic E-state index is 13.4. The summed E-state index contributed by atoms with van der Waals surface area (Å²) in [5.41, 5.74) is 7.77. The largest absolute Gasteiger partial charge is 0.464 e. The lowest BCUT2D eigenvalue weighted by molar-refractivity contribution is -0.148. The fraction of sp³-hybridized carbons (Fsp3) is 0.393. The van der Waals surface area contributed by atoms with Crippen molar-refractivity contribution in [2.75, 3.05) is 6.61 Å². The molecule has 0 aliphatic carbocycles. The molecule has 0 unspecified atom stereocenters. The fourth-order valence-corrected chi connectivity index (χ4v) is 3.99. The van der Waals surface area contributed by atoms with Gasteiger partial charge in [0.25, 0.3) is 0 Å². The highest BCUT2D eigenvalue weighted by Crippen LogP contribution is 2.19. The Kier molecular flexibility index (Phi) is 9.25. The van der Waals surface area contributed by atoms with E-state index in [0.29, 0.717) is 12.8 Å². The summed E-state index contributed by atoms with van der Waals surface area (Å²) in [4.78, 5) is 42.0. The predicted molar refractivity (Wildman–Crippen MR) is 140 cm³/mol. The molecular weight excluding hydrogens is 456 g/mol. The monoisotopic (exact) mass is 492 g/mol. The number of amides is 2. The number of aromatic amines is 1. The topological polar surface area (TPSA) is 126 Å². The van der Waals surface area contributed by atoms with Gasteiger partial charge in [0.1, 0.15) is 12.1 Å². The molecule has 8 heteroatoms. The first kappa shape index (κ1) is 26.9. The van der Waals surface area contributed by atoms with Crippen molar-refractivity contribution >= 4 is 28.7 Å². The zero-order valence-corrected chi connectivity index (χ0v) is 21.2. The van der Waals surface area contributed by atoms with Crippen molar-refractivity contribution in [3.63, 3.8) is 0 Å². The molecule has 1 heterocycles. The number of esters is 1. The van der Waals surface area contributed by atoms with Crippen molar-refractivity contribution in [2.45, 2.75) is 64.1 Å². The Labute approximate surface area is 212 Å². The zero-order chi connectivity index (χ0) is 26.1. The van der Waals surface area contributed by atoms with Crippen LogP contribution in [-0.4, -0.2) is 47.0 Å². The van der Waals surface area contributed by atoms with Crippen LogP contribution in [-0.2, 0) is 32.0 Å². The number of aryl methyl sites for hydroxylation is 1. The summed E-state index contributed by atoms with van der Waals surface area (Å²) < 4.78 is 5.22. The minimum Gasteiger partial charge on any atom is -0.464 e. The summed E-state index contributed by atoms with van der Waals surface area (Å²) in [5, 5.41) is 6.56. The number of fused-ring (bicyclic) bond motifs is 1. The molecule has 0 bridgehead atoms. The Hall–Kier alpha value is -3.65. The van der Waals surface area contributed by atoms with Crippen molar-refractivity contribution in [1.82, 2.24) is 15.6 Å². The lowest BCUT2D eigenvalue weighted by Crippen LogP contribution is -2.58. The number of hydrogen-bond donors (Lipinski definition) is 4. The molecule has 192 valence electrons. The first-order chi connectivity index (χ1) is 17.2. The van der Waals surface area contributed by atoms with Gasteiger partial charge in [-0.2, -0.15) is 0 Å². The van der Waals surface area contributed by atoms with Crippen LogP contribution in [0.15, 0.2) is 60.8 Å². The summed E-state index contributed by atoms with van der Waals surface area (Å²) in [7, 11) is 0. The van der Waals surface area contributed by atoms with E-state index < -0.39 is 35.4 Å². The van der Waals surface area contributed by atoms with Crippen molar-refractivity contribution in [3.8, 4) is 0 Å². The Morgan fingerprint density at radius 2 is 1.69 bits per heavy atom. The average Bonchev–Trinajstić information content (AvgIpc) is 3.26. The summed E-state index contributed by atoms with van der Waals surface area (Å²) >= 11 is 0. The van der Waals surface area contributed by atoms with Gasteiger partial charge >= 0.3 is 5.97 Å². The van der Waals surface area contributed by atoms with Crippen molar-refractivity contribution in [3.05, 3.63) is 71.9 Å². The van der Waals surface area contributed by atoms with Gasteiger partial charge in [-0.3, -0.25) is 9.59 Å². The normalized spacial score (nSPS) is 13.1. The van der Waals surface area contributed by atoms with Crippen LogP contribution in [0.3, 0.4) is 0 Å². The Morgan fingerprint density at radius 3 is 2.39 bits per heavy atom. The highest BCUT2D eigenvalue weighted by atomic mass is 16.5. The standard InChI is InChI=1S/C28H36N4O4/c1-4-36-26(34)23(16-10-13-19-11-6-5-7-12-19)31-25(33)24(32-27(35)28(2,3)29)17-20-18-30-22-15-9-8-14-21(20)22/h5-9,11-12,14-15,18,23-24,30H,4,10,13,16-17,29H2,1-3H3,(H,31,33)(H,32,35)/t23-,24-/m1/s1. The quantitative estimate of drug-likeness (QED) is 0.289. The molecule has 2 amide bonds. The van der Waals surface area contributed by atoms with Crippen LogP contribution >= 0.6 is 0 Å². The molecule has 36 heavy (non-hydrogen) atoms. The number of nitrogens with one attached hydrogen (secondary N) is 3. The molecule has 0 saturated carbocycles. The predicted octanol–water partition coefficient (Wildman–Crippen LogP) is 3.00. The highest BCUT2D eigenvalue weighted by molar-refractivity contribution is 5.94. The first-order valence-corrected chi connectivity index (χ1v) is 12.3. The van der Waals surface area contributed by atoms with E-state index in [1.54, 1.807) is 20.8 Å². The smallest absolute Gasteiger partial charge is 0.328 e. The van der Waals surface area contributed by atoms with Gasteiger partial charge < -0.3 is 26.1 Å². The van der Waals surface area contributed by atoms with Crippen LogP contribution in [0.4, 0.5) is 0 Å². The van der Waals surface area contributed by atoms with Gasteiger partial charge in [0.2, 0.25) is 11.8 Å². The van der Waals surface area contributed by atoms with Crippen molar-refractivity contribution in [2.24, 2.45) is 5.73 Å². The van der Waals surface area contributed by atoms with E-state index in [1.165, 1.54) is 0 Å². The van der Waals surface area contributed by atoms with E-state index in [0.717, 1.165) is 28.5 Å². The Bertz CT molecular complexity index is 1170. The van der Waals surface area contributed by atoms with Gasteiger partial charge in [-0.15, -0.1) is 0 Å². The van der Waals surface area contributed by atoms with Crippen LogP contribution in [0.5, 0.6) is 0 Å². The molecule has 0 spiro atoms. The molecule has 0 aliphatic heterocycles. The van der Waals surface area contributed by atoms with E-state index in [-0.39, 0.29) is 13.0 Å². The zero-order valence-electron chi connectivity index (χ0n) is 21.2. The second-order valence-electron chi connectivity index (χ2n) is 9.50. The molecule has 8 nitrogen and oxygen atoms in total. The maximum Gasteiger partial charge on any atom is 0.328 e. The highest BCUT2D eigenvalue weighted by Gasteiger charge is 2.31. The number of hydrogen-bond acceptors (Lipinski definition) is 5. The average molecular weight is 493 g/mol. The number of benzene rings is 2. The van der Waals surface area contributed by atoms with Gasteiger partial charge in [0, 0.05) is 23.5 Å². The number of carbonyl (C=O) groups is 3. The SMILES string of the molecule is CCOC(=O)[C@@H](CCCc1ccccc1)NC(=O)[C@@H](Cc1c[nH]c2ccccc12)NC(=O)C(C)(C)N. The number of carbonyl (C=O) groups excluding carboxylic acids is 3. The lowest BCUT2D eigenvalue weighted by Gasteiger charge is -2.25. The van der Waals surface area contributed by atoms with Crippen LogP contribution in [0.25, 0.3) is 10.9 Å². The fourth-order valence-electron chi connectivity index (χ4n) is 3.99. The molecule has 0 fully saturated rings. The third kappa shape index (κ3) is 7.42. The van der Waals surface area contributed by atoms with Crippen LogP contribution in [0.1, 0.15) is 44.7 Å². The summed E-state index contributed by atoms with van der Waals surface area (Å²) in [6, 6.07) is 15.9. The number of ether oxygens (including phenoxy) is 1. The molecule has 2 atom stereocenters. The van der Waals surface area contributed by atoms with E-state index >= 15 is 0 Å². The molecule has 3 rings (SSSR count). The van der Waals surface area contributed by atoms with Crippen molar-refractivity contribution in [1.29, 1.82) is 0 Å². The molecule has 5 N–H and O–H groups in total. The molecule has 3 aromatic rings. The number of rotatable bonds is 12. The van der Waals surface area contributed by atoms with Gasteiger partial charge in [0.05, 0.1) is 12.1 Å². The van der Waals surface area contributed by atoms with Crippen molar-refractivity contribution < 1.29 is 19.1 Å². The molecule has 0 aliphatic rings. The van der Waals surface area contributed by atoms with E-state index in [4.69, 9.17) is 10.5 Å². The number of nitrogens with two attached hydrogens (primary N) is 1. The van der Waals surface area contributed by atoms with Gasteiger partial charge in [-0.1, -0.05) is 48.5 Å². The lowest BCUT2D eigenvalue weighted by atomic mass is 10.0. The first-order valence-electron chi connectivity index (χ1n) is 12.3. The molecular formula is C28H36N4O4. The second kappa shape index (κ2) is 12.4. The minimum absolute atomic E-state index is 0.209. The van der Waals surface area contributed by atoms with Crippen LogP contribution in [0, 0.1) is 0 Å².